The maximum Gasteiger partial charge on any atom is 0.311 e. The van der Waals surface area contributed by atoms with E-state index in [9.17, 15) is 14.7 Å². The number of thioether (sulfide) groups is 1. The summed E-state index contributed by atoms with van der Waals surface area (Å²) in [5, 5.41) is 9.48. The summed E-state index contributed by atoms with van der Waals surface area (Å²) in [6.45, 7) is 2.93. The topological polar surface area (TPSA) is 57.6 Å². The van der Waals surface area contributed by atoms with Crippen LogP contribution < -0.4 is 0 Å². The number of carboxylic acid groups (broad SMARTS) is 1. The molecule has 4 nitrogen and oxygen atoms in total. The Morgan fingerprint density at radius 1 is 1.39 bits per heavy atom. The van der Waals surface area contributed by atoms with Crippen LogP contribution in [-0.2, 0) is 15.3 Å². The fourth-order valence-corrected chi connectivity index (χ4v) is 4.86. The van der Waals surface area contributed by atoms with Crippen molar-refractivity contribution in [2.45, 2.75) is 37.2 Å². The molecule has 1 saturated carbocycles. The summed E-state index contributed by atoms with van der Waals surface area (Å²) < 4.78 is 0. The van der Waals surface area contributed by atoms with Gasteiger partial charge in [0.2, 0.25) is 5.91 Å². The molecule has 0 spiro atoms. The van der Waals surface area contributed by atoms with E-state index in [-0.39, 0.29) is 17.1 Å². The highest BCUT2D eigenvalue weighted by molar-refractivity contribution is 7.99. The van der Waals surface area contributed by atoms with Gasteiger partial charge in [0.15, 0.2) is 0 Å². The first-order valence-corrected chi connectivity index (χ1v) is 9.25. The Kier molecular flexibility index (Phi) is 4.67. The minimum Gasteiger partial charge on any atom is -0.481 e. The maximum atomic E-state index is 12.7. The number of hydrogen-bond acceptors (Lipinski definition) is 3. The van der Waals surface area contributed by atoms with Gasteiger partial charge in [-0.3, -0.25) is 9.59 Å². The Morgan fingerprint density at radius 3 is 2.78 bits per heavy atom. The minimum atomic E-state index is -0.722. The van der Waals surface area contributed by atoms with Crippen molar-refractivity contribution in [2.24, 2.45) is 11.3 Å². The van der Waals surface area contributed by atoms with Gasteiger partial charge in [-0.2, -0.15) is 0 Å². The van der Waals surface area contributed by atoms with Crippen LogP contribution in [0.15, 0.2) is 30.3 Å². The molecule has 2 fully saturated rings. The average Bonchev–Trinajstić information content (AvgIpc) is 3.11. The van der Waals surface area contributed by atoms with Crippen LogP contribution in [0.25, 0.3) is 0 Å². The first kappa shape index (κ1) is 16.4. The zero-order chi connectivity index (χ0) is 16.4. The maximum absolute atomic E-state index is 12.7. The molecule has 1 amide bonds. The molecule has 3 rings (SSSR count). The molecule has 2 aliphatic rings. The van der Waals surface area contributed by atoms with Gasteiger partial charge in [0.25, 0.3) is 0 Å². The average molecular weight is 333 g/mol. The van der Waals surface area contributed by atoms with E-state index in [4.69, 9.17) is 0 Å². The van der Waals surface area contributed by atoms with E-state index in [1.807, 2.05) is 25.1 Å². The molecule has 0 bridgehead atoms. The van der Waals surface area contributed by atoms with Crippen LogP contribution in [0.5, 0.6) is 0 Å². The first-order chi connectivity index (χ1) is 11.0. The summed E-state index contributed by atoms with van der Waals surface area (Å²) in [5.74, 6) is 0.297. The Balaban J connectivity index is 1.59. The number of amides is 1. The molecule has 1 N–H and O–H groups in total. The monoisotopic (exact) mass is 333 g/mol. The quantitative estimate of drug-likeness (QED) is 0.900. The summed E-state index contributed by atoms with van der Waals surface area (Å²) >= 11 is 1.62. The van der Waals surface area contributed by atoms with Gasteiger partial charge in [-0.25, -0.2) is 0 Å². The van der Waals surface area contributed by atoms with Crippen molar-refractivity contribution in [1.29, 1.82) is 0 Å². The summed E-state index contributed by atoms with van der Waals surface area (Å²) in [5.41, 5.74) is 0.525. The molecule has 5 heteroatoms. The normalized spacial score (nSPS) is 27.7. The number of rotatable bonds is 5. The lowest BCUT2D eigenvalue weighted by molar-refractivity contribution is -0.149. The minimum absolute atomic E-state index is 0.0842. The Hall–Kier alpha value is -1.49. The van der Waals surface area contributed by atoms with Crippen molar-refractivity contribution in [3.05, 3.63) is 35.9 Å². The molecule has 1 aromatic rings. The van der Waals surface area contributed by atoms with E-state index in [0.717, 1.165) is 18.6 Å². The lowest BCUT2D eigenvalue weighted by atomic mass is 9.81. The number of carboxylic acids is 1. The Morgan fingerprint density at radius 2 is 2.13 bits per heavy atom. The summed E-state index contributed by atoms with van der Waals surface area (Å²) in [4.78, 5) is 26.2. The molecule has 3 atom stereocenters. The molecule has 0 aromatic heterocycles. The fourth-order valence-electron chi connectivity index (χ4n) is 3.93. The van der Waals surface area contributed by atoms with Crippen LogP contribution in [0.4, 0.5) is 0 Å². The van der Waals surface area contributed by atoms with Gasteiger partial charge in [0.05, 0.1) is 10.7 Å². The van der Waals surface area contributed by atoms with Gasteiger partial charge in [0, 0.05) is 18.8 Å². The van der Waals surface area contributed by atoms with Gasteiger partial charge in [-0.15, -0.1) is 11.8 Å². The van der Waals surface area contributed by atoms with Crippen LogP contribution in [0.1, 0.15) is 31.7 Å². The molecule has 1 unspecified atom stereocenters. The third-order valence-electron chi connectivity index (χ3n) is 5.30. The van der Waals surface area contributed by atoms with Crippen molar-refractivity contribution in [1.82, 2.24) is 4.90 Å². The number of likely N-dealkylation sites (tertiary alicyclic amines) is 1. The molecule has 1 aliphatic carbocycles. The third-order valence-corrected chi connectivity index (χ3v) is 6.50. The van der Waals surface area contributed by atoms with E-state index < -0.39 is 11.4 Å². The van der Waals surface area contributed by atoms with Gasteiger partial charge in [0.1, 0.15) is 0 Å². The number of aliphatic carboxylic acids is 1. The molecule has 1 aliphatic heterocycles. The number of benzene rings is 1. The van der Waals surface area contributed by atoms with Crippen molar-refractivity contribution in [2.75, 3.05) is 13.1 Å². The van der Waals surface area contributed by atoms with E-state index in [2.05, 4.69) is 12.1 Å². The van der Waals surface area contributed by atoms with Gasteiger partial charge in [-0.1, -0.05) is 36.8 Å². The largest absolute Gasteiger partial charge is 0.481 e. The number of hydrogen-bond donors (Lipinski definition) is 1. The van der Waals surface area contributed by atoms with Crippen LogP contribution in [-0.4, -0.2) is 40.2 Å². The van der Waals surface area contributed by atoms with Crippen LogP contribution >= 0.6 is 11.8 Å². The lowest BCUT2D eigenvalue weighted by Gasteiger charge is -2.24. The van der Waals surface area contributed by atoms with Gasteiger partial charge < -0.3 is 10.0 Å². The Labute approximate surface area is 141 Å². The highest BCUT2D eigenvalue weighted by Crippen LogP contribution is 2.49. The van der Waals surface area contributed by atoms with Gasteiger partial charge >= 0.3 is 5.97 Å². The SMILES string of the molecule is CC(SCc1ccccc1)C(=O)N1C[C@@H]2CCC[C@@]2(C(=O)O)C1. The van der Waals surface area contributed by atoms with Crippen molar-refractivity contribution in [3.8, 4) is 0 Å². The zero-order valence-electron chi connectivity index (χ0n) is 13.4. The number of carbonyl (C=O) groups is 2. The van der Waals surface area contributed by atoms with E-state index in [1.54, 1.807) is 16.7 Å². The molecule has 23 heavy (non-hydrogen) atoms. The number of carbonyl (C=O) groups excluding carboxylic acids is 1. The van der Waals surface area contributed by atoms with E-state index >= 15 is 0 Å². The molecular weight excluding hydrogens is 310 g/mol. The van der Waals surface area contributed by atoms with Crippen LogP contribution in [0.2, 0.25) is 0 Å². The molecule has 1 aromatic carbocycles. The molecule has 124 valence electrons. The van der Waals surface area contributed by atoms with E-state index in [1.165, 1.54) is 5.56 Å². The Bertz CT molecular complexity index is 591. The van der Waals surface area contributed by atoms with Crippen LogP contribution in [0, 0.1) is 11.3 Å². The highest BCUT2D eigenvalue weighted by atomic mass is 32.2. The predicted molar refractivity (Wildman–Crippen MR) is 91.2 cm³/mol. The molecular formula is C18H23NO3S. The lowest BCUT2D eigenvalue weighted by Crippen LogP contribution is -2.39. The second-order valence-corrected chi connectivity index (χ2v) is 8.04. The number of fused-ring (bicyclic) bond motifs is 1. The van der Waals surface area contributed by atoms with Crippen molar-refractivity contribution in [3.63, 3.8) is 0 Å². The summed E-state index contributed by atoms with van der Waals surface area (Å²) in [6, 6.07) is 10.1. The van der Waals surface area contributed by atoms with E-state index in [0.29, 0.717) is 19.5 Å². The summed E-state index contributed by atoms with van der Waals surface area (Å²) in [6.07, 6.45) is 2.61. The van der Waals surface area contributed by atoms with Crippen molar-refractivity contribution < 1.29 is 14.7 Å². The molecule has 1 heterocycles. The van der Waals surface area contributed by atoms with Gasteiger partial charge in [-0.05, 0) is 31.2 Å². The number of nitrogens with zero attached hydrogens (tertiary/aromatic N) is 1. The first-order valence-electron chi connectivity index (χ1n) is 8.20. The van der Waals surface area contributed by atoms with Crippen LogP contribution in [0.3, 0.4) is 0 Å². The smallest absolute Gasteiger partial charge is 0.311 e. The molecule has 0 radical (unpaired) electrons. The third kappa shape index (κ3) is 3.11. The summed E-state index contributed by atoms with van der Waals surface area (Å²) in [7, 11) is 0. The second-order valence-electron chi connectivity index (χ2n) is 6.71. The standard InChI is InChI=1S/C18H23NO3S/c1-13(23-11-14-6-3-2-4-7-14)16(20)19-10-15-8-5-9-18(15,12-19)17(21)22/h2-4,6-7,13,15H,5,8-12H2,1H3,(H,21,22)/t13?,15-,18+/m0/s1. The second kappa shape index (κ2) is 6.56. The predicted octanol–water partition coefficient (Wildman–Crippen LogP) is 3.02. The van der Waals surface area contributed by atoms with Crippen molar-refractivity contribution >= 4 is 23.6 Å². The fraction of sp³-hybridized carbons (Fsp3) is 0.556. The highest BCUT2D eigenvalue weighted by Gasteiger charge is 2.56. The molecule has 1 saturated heterocycles. The zero-order valence-corrected chi connectivity index (χ0v) is 14.2.